The van der Waals surface area contributed by atoms with Gasteiger partial charge in [-0.3, -0.25) is 0 Å². The fraction of sp³-hybridized carbons (Fsp3) is 1.00. The topological polar surface area (TPSA) is 0 Å². The van der Waals surface area contributed by atoms with Gasteiger partial charge in [0.2, 0.25) is 0 Å². The molecule has 4 unspecified atom stereocenters. The van der Waals surface area contributed by atoms with Gasteiger partial charge in [0, 0.05) is 0 Å². The Balaban J connectivity index is 1.74. The van der Waals surface area contributed by atoms with Crippen molar-refractivity contribution in [3.05, 3.63) is 0 Å². The Kier molecular flexibility index (Phi) is 3.51. The zero-order valence-corrected chi connectivity index (χ0v) is 13.7. The van der Waals surface area contributed by atoms with Crippen LogP contribution in [0.15, 0.2) is 0 Å². The predicted octanol–water partition coefficient (Wildman–Crippen LogP) is 6.06. The molecular weight excluding hydrogens is 228 g/mol. The Morgan fingerprint density at radius 2 is 1.89 bits per heavy atom. The van der Waals surface area contributed by atoms with E-state index >= 15 is 0 Å². The van der Waals surface area contributed by atoms with E-state index in [0.717, 1.165) is 29.1 Å². The monoisotopic (exact) mass is 262 g/mol. The average Bonchev–Trinajstić information content (AvgIpc) is 2.42. The standard InChI is InChI=1S/C19H34/c1-5-9-18(4)12-17-16(15-7-6-8-15)11-19(17,13-18)10-14(2)3/h14-17H,5-13H2,1-4H3. The minimum atomic E-state index is 0.687. The van der Waals surface area contributed by atoms with E-state index in [9.17, 15) is 0 Å². The summed E-state index contributed by atoms with van der Waals surface area (Å²) in [5.41, 5.74) is 1.46. The van der Waals surface area contributed by atoms with Gasteiger partial charge in [-0.05, 0) is 66.6 Å². The third kappa shape index (κ3) is 2.28. The first-order valence-electron chi connectivity index (χ1n) is 8.98. The average molecular weight is 262 g/mol. The van der Waals surface area contributed by atoms with E-state index in [0.29, 0.717) is 5.41 Å². The fourth-order valence-corrected chi connectivity index (χ4v) is 6.36. The number of rotatable bonds is 5. The second-order valence-electron chi connectivity index (χ2n) is 9.07. The van der Waals surface area contributed by atoms with Crippen molar-refractivity contribution in [3.63, 3.8) is 0 Å². The van der Waals surface area contributed by atoms with Crippen LogP contribution >= 0.6 is 0 Å². The highest BCUT2D eigenvalue weighted by Gasteiger charge is 2.63. The Labute approximate surface area is 120 Å². The van der Waals surface area contributed by atoms with Crippen molar-refractivity contribution in [2.24, 2.45) is 34.5 Å². The van der Waals surface area contributed by atoms with E-state index in [1.165, 1.54) is 25.7 Å². The van der Waals surface area contributed by atoms with Gasteiger partial charge in [-0.1, -0.05) is 53.4 Å². The molecule has 4 atom stereocenters. The summed E-state index contributed by atoms with van der Waals surface area (Å²) in [5, 5.41) is 0. The van der Waals surface area contributed by atoms with Crippen LogP contribution in [0, 0.1) is 34.5 Å². The van der Waals surface area contributed by atoms with Crippen molar-refractivity contribution in [2.75, 3.05) is 0 Å². The van der Waals surface area contributed by atoms with Crippen LogP contribution in [-0.4, -0.2) is 0 Å². The number of hydrogen-bond donors (Lipinski definition) is 0. The molecule has 0 heterocycles. The lowest BCUT2D eigenvalue weighted by Crippen LogP contribution is -2.49. The van der Waals surface area contributed by atoms with E-state index in [2.05, 4.69) is 27.7 Å². The van der Waals surface area contributed by atoms with Crippen LogP contribution in [0.3, 0.4) is 0 Å². The molecule has 3 rings (SSSR count). The van der Waals surface area contributed by atoms with Crippen LogP contribution in [0.5, 0.6) is 0 Å². The molecule has 0 aromatic heterocycles. The maximum Gasteiger partial charge on any atom is -0.0256 e. The molecule has 0 spiro atoms. The second kappa shape index (κ2) is 4.78. The Morgan fingerprint density at radius 3 is 2.42 bits per heavy atom. The van der Waals surface area contributed by atoms with Gasteiger partial charge >= 0.3 is 0 Å². The Bertz CT molecular complexity index is 327. The van der Waals surface area contributed by atoms with E-state index in [1.807, 2.05) is 0 Å². The van der Waals surface area contributed by atoms with E-state index in [4.69, 9.17) is 0 Å². The van der Waals surface area contributed by atoms with Gasteiger partial charge in [0.1, 0.15) is 0 Å². The third-order valence-electron chi connectivity index (χ3n) is 6.86. The smallest absolute Gasteiger partial charge is 0.0256 e. The molecule has 0 aliphatic heterocycles. The summed E-state index contributed by atoms with van der Waals surface area (Å²) in [4.78, 5) is 0. The quantitative estimate of drug-likeness (QED) is 0.565. The summed E-state index contributed by atoms with van der Waals surface area (Å²) < 4.78 is 0. The molecule has 0 radical (unpaired) electrons. The predicted molar refractivity (Wildman–Crippen MR) is 83.1 cm³/mol. The van der Waals surface area contributed by atoms with Gasteiger partial charge in [0.05, 0.1) is 0 Å². The van der Waals surface area contributed by atoms with Gasteiger partial charge in [-0.15, -0.1) is 0 Å². The molecule has 3 saturated carbocycles. The van der Waals surface area contributed by atoms with Gasteiger partial charge in [0.15, 0.2) is 0 Å². The molecule has 0 amide bonds. The normalized spacial score (nSPS) is 45.9. The molecular formula is C19H34. The molecule has 0 saturated heterocycles. The highest BCUT2D eigenvalue weighted by atomic mass is 14.7. The Hall–Kier alpha value is 0. The molecule has 0 heteroatoms. The number of hydrogen-bond acceptors (Lipinski definition) is 0. The van der Waals surface area contributed by atoms with Crippen LogP contribution in [0.25, 0.3) is 0 Å². The molecule has 0 bridgehead atoms. The summed E-state index contributed by atoms with van der Waals surface area (Å²) in [7, 11) is 0. The molecule has 3 aliphatic rings. The highest BCUT2D eigenvalue weighted by Crippen LogP contribution is 2.72. The van der Waals surface area contributed by atoms with Gasteiger partial charge in [-0.25, -0.2) is 0 Å². The van der Waals surface area contributed by atoms with Crippen LogP contribution < -0.4 is 0 Å². The molecule has 19 heavy (non-hydrogen) atoms. The van der Waals surface area contributed by atoms with Crippen molar-refractivity contribution in [3.8, 4) is 0 Å². The minimum absolute atomic E-state index is 0.687. The first-order chi connectivity index (χ1) is 8.98. The van der Waals surface area contributed by atoms with Crippen LogP contribution in [-0.2, 0) is 0 Å². The van der Waals surface area contributed by atoms with Gasteiger partial charge in [-0.2, -0.15) is 0 Å². The van der Waals surface area contributed by atoms with Crippen molar-refractivity contribution in [1.29, 1.82) is 0 Å². The second-order valence-corrected chi connectivity index (χ2v) is 9.07. The first kappa shape index (κ1) is 14.0. The molecule has 3 fully saturated rings. The molecule has 3 aliphatic carbocycles. The summed E-state index contributed by atoms with van der Waals surface area (Å²) in [6.45, 7) is 9.87. The van der Waals surface area contributed by atoms with Crippen LogP contribution in [0.4, 0.5) is 0 Å². The van der Waals surface area contributed by atoms with Crippen LogP contribution in [0.2, 0.25) is 0 Å². The molecule has 110 valence electrons. The summed E-state index contributed by atoms with van der Waals surface area (Å²) in [6, 6.07) is 0. The summed E-state index contributed by atoms with van der Waals surface area (Å²) in [6.07, 6.45) is 13.7. The van der Waals surface area contributed by atoms with Gasteiger partial charge in [0.25, 0.3) is 0 Å². The lowest BCUT2D eigenvalue weighted by atomic mass is 9.47. The lowest BCUT2D eigenvalue weighted by Gasteiger charge is -2.57. The number of fused-ring (bicyclic) bond motifs is 1. The summed E-state index contributed by atoms with van der Waals surface area (Å²) >= 11 is 0. The van der Waals surface area contributed by atoms with Crippen LogP contribution in [0.1, 0.15) is 85.5 Å². The highest BCUT2D eigenvalue weighted by molar-refractivity contribution is 5.12. The van der Waals surface area contributed by atoms with Gasteiger partial charge < -0.3 is 0 Å². The molecule has 0 aromatic rings. The fourth-order valence-electron chi connectivity index (χ4n) is 6.36. The zero-order valence-electron chi connectivity index (χ0n) is 13.7. The van der Waals surface area contributed by atoms with E-state index in [1.54, 1.807) is 32.1 Å². The van der Waals surface area contributed by atoms with Crippen molar-refractivity contribution >= 4 is 0 Å². The van der Waals surface area contributed by atoms with E-state index < -0.39 is 0 Å². The minimum Gasteiger partial charge on any atom is -0.0654 e. The van der Waals surface area contributed by atoms with Crippen molar-refractivity contribution in [2.45, 2.75) is 85.5 Å². The third-order valence-corrected chi connectivity index (χ3v) is 6.86. The van der Waals surface area contributed by atoms with Crippen molar-refractivity contribution in [1.82, 2.24) is 0 Å². The Morgan fingerprint density at radius 1 is 1.16 bits per heavy atom. The largest absolute Gasteiger partial charge is 0.0654 e. The lowest BCUT2D eigenvalue weighted by molar-refractivity contribution is -0.0807. The zero-order chi connectivity index (χ0) is 13.7. The maximum absolute atomic E-state index is 2.61. The molecule has 0 nitrogen and oxygen atoms in total. The maximum atomic E-state index is 2.61. The SMILES string of the molecule is CCCC1(C)CC2C(C3CCC3)CC2(CC(C)C)C1. The first-order valence-corrected chi connectivity index (χ1v) is 8.98. The van der Waals surface area contributed by atoms with E-state index in [-0.39, 0.29) is 0 Å². The van der Waals surface area contributed by atoms with Crippen molar-refractivity contribution < 1.29 is 0 Å². The molecule has 0 aromatic carbocycles. The molecule has 0 N–H and O–H groups in total. The summed E-state index contributed by atoms with van der Waals surface area (Å²) in [5.74, 6) is 4.27.